The molecule has 0 radical (unpaired) electrons. The molecule has 1 aromatic rings. The van der Waals surface area contributed by atoms with Gasteiger partial charge in [0.05, 0.1) is 18.6 Å². The highest BCUT2D eigenvalue weighted by Crippen LogP contribution is 2.23. The van der Waals surface area contributed by atoms with Crippen LogP contribution in [0.5, 0.6) is 0 Å². The van der Waals surface area contributed by atoms with Crippen molar-refractivity contribution in [3.05, 3.63) is 35.9 Å². The van der Waals surface area contributed by atoms with E-state index in [0.717, 1.165) is 17.3 Å². The smallest absolute Gasteiger partial charge is 0.230 e. The van der Waals surface area contributed by atoms with Crippen LogP contribution in [0.3, 0.4) is 0 Å². The maximum atomic E-state index is 12.6. The fourth-order valence-electron chi connectivity index (χ4n) is 2.47. The number of hydrogen-bond donors (Lipinski definition) is 0. The third-order valence-electron chi connectivity index (χ3n) is 3.53. The Balaban J connectivity index is 2.08. The molecular weight excluding hydrogens is 306 g/mol. The third kappa shape index (κ3) is 3.57. The molecule has 3 nitrogen and oxygen atoms in total. The van der Waals surface area contributed by atoms with Crippen molar-refractivity contribution >= 4 is 21.8 Å². The van der Waals surface area contributed by atoms with Gasteiger partial charge in [0.15, 0.2) is 0 Å². The lowest BCUT2D eigenvalue weighted by atomic mass is 9.95. The van der Waals surface area contributed by atoms with Crippen molar-refractivity contribution in [1.29, 1.82) is 0 Å². The van der Waals surface area contributed by atoms with Gasteiger partial charge >= 0.3 is 0 Å². The Morgan fingerprint density at radius 1 is 1.47 bits per heavy atom. The molecule has 1 aliphatic rings. The van der Waals surface area contributed by atoms with Gasteiger partial charge in [0.1, 0.15) is 0 Å². The Kier molecular flexibility index (Phi) is 5.40. The summed E-state index contributed by atoms with van der Waals surface area (Å²) in [6.07, 6.45) is 0.949. The number of hydrogen-bond acceptors (Lipinski definition) is 2. The van der Waals surface area contributed by atoms with Gasteiger partial charge in [-0.25, -0.2) is 0 Å². The zero-order chi connectivity index (χ0) is 13.7. The fourth-order valence-corrected chi connectivity index (χ4v) is 2.86. The maximum Gasteiger partial charge on any atom is 0.230 e. The lowest BCUT2D eigenvalue weighted by molar-refractivity contribution is -0.139. The second-order valence-corrected chi connectivity index (χ2v) is 5.45. The van der Waals surface area contributed by atoms with E-state index in [2.05, 4.69) is 22.9 Å². The molecule has 19 heavy (non-hydrogen) atoms. The lowest BCUT2D eigenvalue weighted by Crippen LogP contribution is -2.47. The lowest BCUT2D eigenvalue weighted by Gasteiger charge is -2.34. The van der Waals surface area contributed by atoms with Gasteiger partial charge < -0.3 is 9.64 Å². The van der Waals surface area contributed by atoms with Crippen LogP contribution in [0.25, 0.3) is 0 Å². The van der Waals surface area contributed by atoms with Crippen molar-refractivity contribution < 1.29 is 9.53 Å². The minimum atomic E-state index is -0.0322. The first-order valence-electron chi connectivity index (χ1n) is 6.77. The zero-order valence-corrected chi connectivity index (χ0v) is 12.8. The van der Waals surface area contributed by atoms with Crippen LogP contribution < -0.4 is 0 Å². The Labute approximate surface area is 123 Å². The van der Waals surface area contributed by atoms with E-state index in [1.54, 1.807) is 0 Å². The molecule has 1 aromatic carbocycles. The molecule has 0 N–H and O–H groups in total. The second-order valence-electron chi connectivity index (χ2n) is 4.80. The Morgan fingerprint density at radius 2 is 2.21 bits per heavy atom. The molecule has 2 rings (SSSR count). The Bertz CT molecular complexity index is 410. The van der Waals surface area contributed by atoms with Crippen molar-refractivity contribution in [3.8, 4) is 0 Å². The standard InChI is InChI=1S/C15H20BrNO2/c1-2-14(12-6-4-3-5-7-12)15(18)17-8-9-19-13(10-16)11-17/h3-7,13-14H,2,8-11H2,1H3. The first-order valence-corrected chi connectivity index (χ1v) is 7.89. The minimum Gasteiger partial charge on any atom is -0.374 e. The summed E-state index contributed by atoms with van der Waals surface area (Å²) in [4.78, 5) is 14.6. The second kappa shape index (κ2) is 7.06. The molecule has 0 aliphatic carbocycles. The summed E-state index contributed by atoms with van der Waals surface area (Å²) in [6, 6.07) is 10.0. The number of halogens is 1. The number of morpholine rings is 1. The van der Waals surface area contributed by atoms with E-state index in [9.17, 15) is 4.79 Å². The van der Waals surface area contributed by atoms with Crippen LogP contribution in [0, 0.1) is 0 Å². The molecule has 1 saturated heterocycles. The Hall–Kier alpha value is -0.870. The molecule has 1 amide bonds. The van der Waals surface area contributed by atoms with Crippen molar-refractivity contribution in [2.24, 2.45) is 0 Å². The molecule has 0 bridgehead atoms. The Morgan fingerprint density at radius 3 is 2.84 bits per heavy atom. The van der Waals surface area contributed by atoms with Gasteiger partial charge in [0.25, 0.3) is 0 Å². The van der Waals surface area contributed by atoms with Crippen LogP contribution in [0.15, 0.2) is 30.3 Å². The maximum absolute atomic E-state index is 12.6. The molecular formula is C15H20BrNO2. The number of ether oxygens (including phenoxy) is 1. The van der Waals surface area contributed by atoms with Gasteiger partial charge in [-0.15, -0.1) is 0 Å². The van der Waals surface area contributed by atoms with E-state index < -0.39 is 0 Å². The third-order valence-corrected chi connectivity index (χ3v) is 4.25. The van der Waals surface area contributed by atoms with Crippen LogP contribution >= 0.6 is 15.9 Å². The molecule has 4 heteroatoms. The van der Waals surface area contributed by atoms with Crippen LogP contribution in [-0.2, 0) is 9.53 Å². The van der Waals surface area contributed by atoms with Gasteiger partial charge in [-0.05, 0) is 12.0 Å². The monoisotopic (exact) mass is 325 g/mol. The average Bonchev–Trinajstić information content (AvgIpc) is 2.49. The number of nitrogens with zero attached hydrogens (tertiary/aromatic N) is 1. The van der Waals surface area contributed by atoms with Gasteiger partial charge in [-0.2, -0.15) is 0 Å². The molecule has 0 aromatic heterocycles. The normalized spacial score (nSPS) is 21.2. The summed E-state index contributed by atoms with van der Waals surface area (Å²) in [6.45, 7) is 4.09. The number of amides is 1. The van der Waals surface area contributed by atoms with Crippen molar-refractivity contribution in [2.75, 3.05) is 25.0 Å². The highest BCUT2D eigenvalue weighted by Gasteiger charge is 2.28. The number of rotatable bonds is 4. The molecule has 2 atom stereocenters. The van der Waals surface area contributed by atoms with Crippen LogP contribution in [0.2, 0.25) is 0 Å². The van der Waals surface area contributed by atoms with E-state index in [1.165, 1.54) is 0 Å². The van der Waals surface area contributed by atoms with Gasteiger partial charge in [0.2, 0.25) is 5.91 Å². The predicted molar refractivity (Wildman–Crippen MR) is 79.6 cm³/mol. The number of benzene rings is 1. The number of carbonyl (C=O) groups is 1. The van der Waals surface area contributed by atoms with E-state index in [0.29, 0.717) is 19.7 Å². The average molecular weight is 326 g/mol. The van der Waals surface area contributed by atoms with Crippen molar-refractivity contribution in [1.82, 2.24) is 4.90 Å². The highest BCUT2D eigenvalue weighted by molar-refractivity contribution is 9.09. The van der Waals surface area contributed by atoms with Crippen LogP contribution in [0.4, 0.5) is 0 Å². The SMILES string of the molecule is CCC(C(=O)N1CCOC(CBr)C1)c1ccccc1. The quantitative estimate of drug-likeness (QED) is 0.797. The minimum absolute atomic E-state index is 0.0322. The topological polar surface area (TPSA) is 29.5 Å². The molecule has 1 aliphatic heterocycles. The summed E-state index contributed by atoms with van der Waals surface area (Å²) in [5.41, 5.74) is 1.11. The predicted octanol–water partition coefficient (Wildman–Crippen LogP) is 2.80. The molecule has 0 spiro atoms. The first kappa shape index (κ1) is 14.5. The zero-order valence-electron chi connectivity index (χ0n) is 11.2. The van der Waals surface area contributed by atoms with E-state index in [4.69, 9.17) is 4.74 Å². The van der Waals surface area contributed by atoms with Crippen molar-refractivity contribution in [3.63, 3.8) is 0 Å². The summed E-state index contributed by atoms with van der Waals surface area (Å²) in [7, 11) is 0. The van der Waals surface area contributed by atoms with Crippen LogP contribution in [-0.4, -0.2) is 41.9 Å². The number of alkyl halides is 1. The molecule has 2 unspecified atom stereocenters. The van der Waals surface area contributed by atoms with E-state index in [1.807, 2.05) is 35.2 Å². The van der Waals surface area contributed by atoms with E-state index >= 15 is 0 Å². The molecule has 1 heterocycles. The molecule has 0 saturated carbocycles. The largest absolute Gasteiger partial charge is 0.374 e. The summed E-state index contributed by atoms with van der Waals surface area (Å²) < 4.78 is 5.59. The van der Waals surface area contributed by atoms with Crippen LogP contribution in [0.1, 0.15) is 24.8 Å². The van der Waals surface area contributed by atoms with Gasteiger partial charge in [-0.3, -0.25) is 4.79 Å². The summed E-state index contributed by atoms with van der Waals surface area (Å²) >= 11 is 3.42. The highest BCUT2D eigenvalue weighted by atomic mass is 79.9. The number of carbonyl (C=O) groups excluding carboxylic acids is 1. The summed E-state index contributed by atoms with van der Waals surface area (Å²) in [5.74, 6) is 0.193. The van der Waals surface area contributed by atoms with Gasteiger partial charge in [0, 0.05) is 18.4 Å². The van der Waals surface area contributed by atoms with Gasteiger partial charge in [-0.1, -0.05) is 53.2 Å². The molecule has 104 valence electrons. The van der Waals surface area contributed by atoms with E-state index in [-0.39, 0.29) is 17.9 Å². The van der Waals surface area contributed by atoms with Crippen molar-refractivity contribution in [2.45, 2.75) is 25.4 Å². The summed E-state index contributed by atoms with van der Waals surface area (Å²) in [5, 5.41) is 0.777. The fraction of sp³-hybridized carbons (Fsp3) is 0.533. The molecule has 1 fully saturated rings. The first-order chi connectivity index (χ1) is 9.26.